The average molecular weight is 543 g/mol. The lowest BCUT2D eigenvalue weighted by Crippen LogP contribution is -2.52. The van der Waals surface area contributed by atoms with Gasteiger partial charge in [-0.05, 0) is 81.1 Å². The summed E-state index contributed by atoms with van der Waals surface area (Å²) in [6.07, 6.45) is 11.8. The summed E-state index contributed by atoms with van der Waals surface area (Å²) in [5.74, 6) is 1.72. The second kappa shape index (κ2) is 20.4. The molecule has 0 aliphatic rings. The lowest BCUT2D eigenvalue weighted by molar-refractivity contribution is -0.927. The Balaban J connectivity index is 1.60. The van der Waals surface area contributed by atoms with Crippen molar-refractivity contribution < 1.29 is 24.2 Å². The molecule has 0 amide bonds. The van der Waals surface area contributed by atoms with Crippen molar-refractivity contribution >= 4 is 11.4 Å². The number of hydrogen-bond donors (Lipinski definition) is 2. The monoisotopic (exact) mass is 542 g/mol. The first-order chi connectivity index (χ1) is 19.1. The van der Waals surface area contributed by atoms with E-state index in [1.165, 1.54) is 38.5 Å². The number of likely N-dealkylation sites (N-methyl/N-ethyl adjacent to an activating group) is 1. The fraction of sp³-hybridized carbons (Fsp3) is 0.625. The summed E-state index contributed by atoms with van der Waals surface area (Å²) in [5.41, 5.74) is 1.59. The molecule has 0 spiro atoms. The van der Waals surface area contributed by atoms with Gasteiger partial charge >= 0.3 is 0 Å². The van der Waals surface area contributed by atoms with Crippen molar-refractivity contribution in [1.29, 1.82) is 0 Å². The fourth-order valence-electron chi connectivity index (χ4n) is 4.73. The van der Waals surface area contributed by atoms with Gasteiger partial charge in [-0.1, -0.05) is 45.4 Å². The molecule has 0 radical (unpaired) electrons. The van der Waals surface area contributed by atoms with Crippen LogP contribution in [0.5, 0.6) is 11.5 Å². The summed E-state index contributed by atoms with van der Waals surface area (Å²) in [7, 11) is 0. The van der Waals surface area contributed by atoms with Gasteiger partial charge < -0.3 is 24.2 Å². The smallest absolute Gasteiger partial charge is 0.119 e. The predicted molar refractivity (Wildman–Crippen MR) is 159 cm³/mol. The molecule has 0 aromatic heterocycles. The normalized spacial score (nSPS) is 11.8. The Hall–Kier alpha value is -2.48. The van der Waals surface area contributed by atoms with E-state index in [9.17, 15) is 10.2 Å². The second-order valence-electron chi connectivity index (χ2n) is 10.3. The summed E-state index contributed by atoms with van der Waals surface area (Å²) in [6.45, 7) is 9.63. The summed E-state index contributed by atoms with van der Waals surface area (Å²) < 4.78 is 12.5. The zero-order chi connectivity index (χ0) is 28.0. The van der Waals surface area contributed by atoms with E-state index in [-0.39, 0.29) is 13.2 Å². The molecule has 0 atom stereocenters. The molecule has 2 aromatic carbocycles. The first-order valence-electron chi connectivity index (χ1n) is 15.1. The van der Waals surface area contributed by atoms with Crippen LogP contribution in [0.25, 0.3) is 0 Å². The van der Waals surface area contributed by atoms with E-state index in [2.05, 4.69) is 24.1 Å². The molecule has 0 saturated carbocycles. The van der Waals surface area contributed by atoms with Crippen LogP contribution in [0.4, 0.5) is 11.4 Å². The third kappa shape index (κ3) is 13.9. The number of nitrogens with zero attached hydrogens (tertiary/aromatic N) is 3. The molecule has 0 bridgehead atoms. The molecule has 0 saturated heterocycles. The molecule has 2 aromatic rings. The van der Waals surface area contributed by atoms with Gasteiger partial charge in [-0.3, -0.25) is 0 Å². The van der Waals surface area contributed by atoms with Crippen LogP contribution >= 0.6 is 0 Å². The highest BCUT2D eigenvalue weighted by atomic mass is 16.5. The standard InChI is InChI=1S/C32H52N3O4/c1-3-5-6-9-12-27-38-31-18-14-29(15-19-31)33-34-30-16-20-32(21-17-30)39-28-13-10-7-8-11-22-35(4-2,23-25-36)24-26-37/h14-21,36-37H,3-13,22-28H2,1-2H3/q+1. The maximum Gasteiger partial charge on any atom is 0.119 e. The number of quaternary nitrogens is 1. The highest BCUT2D eigenvalue weighted by Crippen LogP contribution is 2.23. The zero-order valence-corrected chi connectivity index (χ0v) is 24.4. The quantitative estimate of drug-likeness (QED) is 0.0860. The zero-order valence-electron chi connectivity index (χ0n) is 24.4. The van der Waals surface area contributed by atoms with E-state index >= 15 is 0 Å². The van der Waals surface area contributed by atoms with Crippen molar-refractivity contribution in [3.05, 3.63) is 48.5 Å². The Morgan fingerprint density at radius 1 is 0.564 bits per heavy atom. The molecular weight excluding hydrogens is 490 g/mol. The van der Waals surface area contributed by atoms with Crippen molar-refractivity contribution in [3.8, 4) is 11.5 Å². The van der Waals surface area contributed by atoms with Crippen LogP contribution in [-0.4, -0.2) is 67.3 Å². The maximum atomic E-state index is 9.37. The Morgan fingerprint density at radius 2 is 1.00 bits per heavy atom. The molecule has 218 valence electrons. The highest BCUT2D eigenvalue weighted by Gasteiger charge is 2.23. The maximum absolute atomic E-state index is 9.37. The summed E-state index contributed by atoms with van der Waals surface area (Å²) >= 11 is 0. The molecule has 0 aliphatic carbocycles. The van der Waals surface area contributed by atoms with Gasteiger partial charge in [0.2, 0.25) is 0 Å². The van der Waals surface area contributed by atoms with Crippen LogP contribution < -0.4 is 9.47 Å². The number of aliphatic hydroxyl groups is 2. The van der Waals surface area contributed by atoms with Crippen LogP contribution in [0.3, 0.4) is 0 Å². The largest absolute Gasteiger partial charge is 0.494 e. The van der Waals surface area contributed by atoms with Crippen LogP contribution in [0.2, 0.25) is 0 Å². The molecule has 0 aliphatic heterocycles. The van der Waals surface area contributed by atoms with Crippen molar-refractivity contribution in [3.63, 3.8) is 0 Å². The van der Waals surface area contributed by atoms with Crippen molar-refractivity contribution in [2.75, 3.05) is 52.6 Å². The van der Waals surface area contributed by atoms with E-state index < -0.39 is 0 Å². The van der Waals surface area contributed by atoms with E-state index in [0.717, 1.165) is 85.8 Å². The summed E-state index contributed by atoms with van der Waals surface area (Å²) in [6, 6.07) is 15.5. The van der Waals surface area contributed by atoms with Crippen LogP contribution in [0.15, 0.2) is 58.8 Å². The van der Waals surface area contributed by atoms with Gasteiger partial charge in [-0.2, -0.15) is 10.2 Å². The minimum atomic E-state index is 0.179. The Labute approximate surface area is 236 Å². The molecule has 0 unspecified atom stereocenters. The molecule has 2 N–H and O–H groups in total. The van der Waals surface area contributed by atoms with Crippen molar-refractivity contribution in [1.82, 2.24) is 0 Å². The van der Waals surface area contributed by atoms with Crippen LogP contribution in [-0.2, 0) is 0 Å². The SMILES string of the molecule is CCCCCCCOc1ccc(N=Nc2ccc(OCCCCCCC[N+](CC)(CCO)CCO)cc2)cc1. The molecule has 7 nitrogen and oxygen atoms in total. The van der Waals surface area contributed by atoms with E-state index in [1.54, 1.807) is 0 Å². The van der Waals surface area contributed by atoms with Gasteiger partial charge in [0, 0.05) is 0 Å². The van der Waals surface area contributed by atoms with Gasteiger partial charge in [-0.25, -0.2) is 0 Å². The van der Waals surface area contributed by atoms with Gasteiger partial charge in [0.05, 0.1) is 50.9 Å². The number of benzene rings is 2. The van der Waals surface area contributed by atoms with Crippen molar-refractivity contribution in [2.24, 2.45) is 10.2 Å². The number of hydrogen-bond acceptors (Lipinski definition) is 6. The lowest BCUT2D eigenvalue weighted by atomic mass is 10.1. The van der Waals surface area contributed by atoms with E-state index in [0.29, 0.717) is 6.61 Å². The number of aliphatic hydroxyl groups excluding tert-OH is 2. The molecule has 2 rings (SSSR count). The van der Waals surface area contributed by atoms with Crippen molar-refractivity contribution in [2.45, 2.75) is 78.1 Å². The first-order valence-corrected chi connectivity index (χ1v) is 15.1. The van der Waals surface area contributed by atoms with E-state index in [4.69, 9.17) is 9.47 Å². The molecule has 39 heavy (non-hydrogen) atoms. The number of azo groups is 1. The number of rotatable bonds is 23. The van der Waals surface area contributed by atoms with E-state index in [1.807, 2.05) is 48.5 Å². The minimum Gasteiger partial charge on any atom is -0.494 e. The number of ether oxygens (including phenoxy) is 2. The Kier molecular flexibility index (Phi) is 17.1. The molecular formula is C32H52N3O4+. The molecule has 7 heteroatoms. The third-order valence-corrected chi connectivity index (χ3v) is 7.34. The summed E-state index contributed by atoms with van der Waals surface area (Å²) in [5, 5.41) is 27.4. The average Bonchev–Trinajstić information content (AvgIpc) is 2.96. The van der Waals surface area contributed by atoms with Gasteiger partial charge in [0.1, 0.15) is 24.6 Å². The Morgan fingerprint density at radius 3 is 1.44 bits per heavy atom. The lowest BCUT2D eigenvalue weighted by Gasteiger charge is -2.37. The molecule has 0 fully saturated rings. The fourth-order valence-corrected chi connectivity index (χ4v) is 4.73. The number of unbranched alkanes of at least 4 members (excludes halogenated alkanes) is 8. The van der Waals surface area contributed by atoms with Gasteiger partial charge in [0.25, 0.3) is 0 Å². The first kappa shape index (κ1) is 32.7. The van der Waals surface area contributed by atoms with Crippen LogP contribution in [0.1, 0.15) is 78.1 Å². The predicted octanol–water partition coefficient (Wildman–Crippen LogP) is 7.60. The minimum absolute atomic E-state index is 0.179. The third-order valence-electron chi connectivity index (χ3n) is 7.34. The van der Waals surface area contributed by atoms with Gasteiger partial charge in [-0.15, -0.1) is 0 Å². The van der Waals surface area contributed by atoms with Crippen LogP contribution in [0, 0.1) is 0 Å². The second-order valence-corrected chi connectivity index (χ2v) is 10.3. The topological polar surface area (TPSA) is 83.6 Å². The summed E-state index contributed by atoms with van der Waals surface area (Å²) in [4.78, 5) is 0. The highest BCUT2D eigenvalue weighted by molar-refractivity contribution is 5.44. The molecule has 0 heterocycles. The van der Waals surface area contributed by atoms with Gasteiger partial charge in [0.15, 0.2) is 0 Å². The Bertz CT molecular complexity index is 881.